The first-order valence-electron chi connectivity index (χ1n) is 7.64. The summed E-state index contributed by atoms with van der Waals surface area (Å²) in [6.45, 7) is 0. The Hall–Kier alpha value is -3.63. The van der Waals surface area contributed by atoms with Crippen LogP contribution in [0.1, 0.15) is 0 Å². The molecule has 0 aliphatic carbocycles. The van der Waals surface area contributed by atoms with Gasteiger partial charge in [0.25, 0.3) is 5.56 Å². The van der Waals surface area contributed by atoms with Crippen molar-refractivity contribution in [3.8, 4) is 17.2 Å². The summed E-state index contributed by atoms with van der Waals surface area (Å²) < 4.78 is 71.1. The molecule has 2 aromatic rings. The normalized spacial score (nSPS) is 11.5. The first-order chi connectivity index (χ1) is 13.2. The van der Waals surface area contributed by atoms with Crippen LogP contribution in [0.2, 0.25) is 0 Å². The Morgan fingerprint density at radius 3 is 2.04 bits per heavy atom. The smallest absolute Gasteiger partial charge is 0.285 e. The van der Waals surface area contributed by atoms with Crippen molar-refractivity contribution in [2.45, 2.75) is 0 Å². The molecule has 0 aromatic heterocycles. The number of para-hydroxylation sites is 2. The zero-order chi connectivity index (χ0) is 20.3. The van der Waals surface area contributed by atoms with Gasteiger partial charge in [0.2, 0.25) is 5.82 Å². The van der Waals surface area contributed by atoms with Gasteiger partial charge in [0.1, 0.15) is 5.69 Å². The van der Waals surface area contributed by atoms with Crippen LogP contribution in [-0.2, 0) is 7.05 Å². The van der Waals surface area contributed by atoms with E-state index in [1.54, 1.807) is 0 Å². The predicted octanol–water partition coefficient (Wildman–Crippen LogP) is 2.28. The standard InChI is InChI=1S/C17H7F5N4O2/c1-25-16(27)13-15(24-17(25)28)26(7-5-3-2-4-6(7)23-13)14-11(21)9(19)8(18)10(20)12(14)22/h2-5H,1H3. The lowest BCUT2D eigenvalue weighted by Gasteiger charge is -2.19. The van der Waals surface area contributed by atoms with Crippen molar-refractivity contribution >= 4 is 11.0 Å². The maximum atomic E-state index is 14.5. The van der Waals surface area contributed by atoms with Gasteiger partial charge in [0.05, 0.1) is 11.0 Å². The fraction of sp³-hybridized carbons (Fsp3) is 0.0588. The summed E-state index contributed by atoms with van der Waals surface area (Å²) >= 11 is 0. The van der Waals surface area contributed by atoms with Crippen LogP contribution in [0, 0.1) is 29.1 Å². The van der Waals surface area contributed by atoms with E-state index in [9.17, 15) is 31.5 Å². The number of halogens is 5. The van der Waals surface area contributed by atoms with Crippen LogP contribution in [0.15, 0.2) is 33.9 Å². The number of hydrogen-bond donors (Lipinski definition) is 0. The van der Waals surface area contributed by atoms with Gasteiger partial charge in [-0.1, -0.05) is 12.1 Å². The van der Waals surface area contributed by atoms with Gasteiger partial charge in [-0.05, 0) is 12.1 Å². The highest BCUT2D eigenvalue weighted by Gasteiger charge is 2.31. The van der Waals surface area contributed by atoms with E-state index in [2.05, 4.69) is 9.97 Å². The highest BCUT2D eigenvalue weighted by Crippen LogP contribution is 2.31. The predicted molar refractivity (Wildman–Crippen MR) is 86.8 cm³/mol. The summed E-state index contributed by atoms with van der Waals surface area (Å²) in [5, 5.41) is 0. The van der Waals surface area contributed by atoms with Gasteiger partial charge in [-0.25, -0.2) is 31.7 Å². The Morgan fingerprint density at radius 2 is 1.39 bits per heavy atom. The van der Waals surface area contributed by atoms with Crippen LogP contribution in [-0.4, -0.2) is 19.1 Å². The van der Waals surface area contributed by atoms with Crippen LogP contribution in [0.3, 0.4) is 0 Å². The molecular weight excluding hydrogens is 387 g/mol. The van der Waals surface area contributed by atoms with Crippen molar-refractivity contribution in [1.82, 2.24) is 19.1 Å². The molecule has 0 atom stereocenters. The lowest BCUT2D eigenvalue weighted by molar-refractivity contribution is 0.376. The van der Waals surface area contributed by atoms with Gasteiger partial charge < -0.3 is 0 Å². The first-order valence-corrected chi connectivity index (χ1v) is 7.64. The molecule has 0 amide bonds. The molecule has 11 heteroatoms. The number of fused-ring (bicyclic) bond motifs is 2. The van der Waals surface area contributed by atoms with Crippen LogP contribution >= 0.6 is 0 Å². The fourth-order valence-corrected chi connectivity index (χ4v) is 2.81. The van der Waals surface area contributed by atoms with Crippen molar-refractivity contribution < 1.29 is 22.0 Å². The van der Waals surface area contributed by atoms with Gasteiger partial charge in [0.15, 0.2) is 34.8 Å². The average molecular weight is 394 g/mol. The SMILES string of the molecule is Cn1c(=O)nc2n(-c3c(F)c(F)c(F)c(F)c3F)c3ccccc3nc-2c1=O. The van der Waals surface area contributed by atoms with E-state index in [-0.39, 0.29) is 11.0 Å². The van der Waals surface area contributed by atoms with E-state index in [1.807, 2.05) is 0 Å². The number of nitrogens with zero attached hydrogens (tertiary/aromatic N) is 4. The lowest BCUT2D eigenvalue weighted by atomic mass is 10.2. The van der Waals surface area contributed by atoms with E-state index in [1.165, 1.54) is 24.3 Å². The molecule has 0 spiro atoms. The van der Waals surface area contributed by atoms with E-state index < -0.39 is 57.5 Å². The van der Waals surface area contributed by atoms with Gasteiger partial charge in [-0.3, -0.25) is 13.9 Å². The molecule has 2 aliphatic rings. The van der Waals surface area contributed by atoms with E-state index in [0.717, 1.165) is 7.05 Å². The maximum Gasteiger partial charge on any atom is 0.352 e. The van der Waals surface area contributed by atoms with Crippen molar-refractivity contribution in [3.05, 3.63) is 74.2 Å². The molecule has 2 heterocycles. The topological polar surface area (TPSA) is 69.8 Å². The summed E-state index contributed by atoms with van der Waals surface area (Å²) in [6.07, 6.45) is 0. The second-order valence-corrected chi connectivity index (χ2v) is 5.79. The minimum Gasteiger partial charge on any atom is -0.285 e. The van der Waals surface area contributed by atoms with Crippen molar-refractivity contribution in [2.75, 3.05) is 0 Å². The third kappa shape index (κ3) is 2.25. The summed E-state index contributed by atoms with van der Waals surface area (Å²) in [7, 11) is 1.11. The number of rotatable bonds is 1. The van der Waals surface area contributed by atoms with E-state index >= 15 is 0 Å². The molecule has 0 saturated heterocycles. The molecule has 2 aliphatic heterocycles. The van der Waals surface area contributed by atoms with Crippen LogP contribution in [0.5, 0.6) is 0 Å². The van der Waals surface area contributed by atoms with Crippen LogP contribution < -0.4 is 11.2 Å². The molecular formula is C17H7F5N4O2. The molecule has 28 heavy (non-hydrogen) atoms. The molecule has 142 valence electrons. The average Bonchev–Trinajstić information content (AvgIpc) is 2.69. The molecule has 0 bridgehead atoms. The number of hydrogen-bond acceptors (Lipinski definition) is 4. The molecule has 6 nitrogen and oxygen atoms in total. The van der Waals surface area contributed by atoms with Gasteiger partial charge in [0, 0.05) is 7.05 Å². The zero-order valence-corrected chi connectivity index (χ0v) is 13.8. The minimum atomic E-state index is -2.34. The Bertz CT molecular complexity index is 1350. The Morgan fingerprint density at radius 1 is 0.821 bits per heavy atom. The van der Waals surface area contributed by atoms with Crippen molar-refractivity contribution in [1.29, 1.82) is 0 Å². The molecule has 0 saturated carbocycles. The molecule has 2 aromatic carbocycles. The Kier molecular flexibility index (Phi) is 3.77. The second-order valence-electron chi connectivity index (χ2n) is 5.79. The highest BCUT2D eigenvalue weighted by molar-refractivity contribution is 5.81. The Balaban J connectivity index is 2.34. The molecule has 0 N–H and O–H groups in total. The van der Waals surface area contributed by atoms with Crippen LogP contribution in [0.25, 0.3) is 28.2 Å². The third-order valence-corrected chi connectivity index (χ3v) is 4.18. The summed E-state index contributed by atoms with van der Waals surface area (Å²) in [4.78, 5) is 31.9. The monoisotopic (exact) mass is 394 g/mol. The maximum absolute atomic E-state index is 14.5. The largest absolute Gasteiger partial charge is 0.352 e. The third-order valence-electron chi connectivity index (χ3n) is 4.18. The summed E-state index contributed by atoms with van der Waals surface area (Å²) in [5.41, 5.74) is -4.01. The summed E-state index contributed by atoms with van der Waals surface area (Å²) in [5.74, 6) is -11.6. The van der Waals surface area contributed by atoms with Gasteiger partial charge in [-0.15, -0.1) is 0 Å². The molecule has 0 fully saturated rings. The Labute approximate surface area is 151 Å². The minimum absolute atomic E-state index is 0.0106. The molecule has 0 unspecified atom stereocenters. The second kappa shape index (κ2) is 5.94. The quantitative estimate of drug-likeness (QED) is 0.215. The fourth-order valence-electron chi connectivity index (χ4n) is 2.81. The van der Waals surface area contributed by atoms with Crippen LogP contribution in [0.4, 0.5) is 22.0 Å². The van der Waals surface area contributed by atoms with E-state index in [0.29, 0.717) is 9.13 Å². The van der Waals surface area contributed by atoms with Crippen molar-refractivity contribution in [2.24, 2.45) is 7.05 Å². The molecule has 0 radical (unpaired) electrons. The molecule has 4 rings (SSSR count). The van der Waals surface area contributed by atoms with Gasteiger partial charge >= 0.3 is 5.69 Å². The lowest BCUT2D eigenvalue weighted by Crippen LogP contribution is -2.36. The first kappa shape index (κ1) is 17.8. The highest BCUT2D eigenvalue weighted by atomic mass is 19.2. The zero-order valence-electron chi connectivity index (χ0n) is 13.8. The van der Waals surface area contributed by atoms with Gasteiger partial charge in [-0.2, -0.15) is 4.98 Å². The van der Waals surface area contributed by atoms with E-state index in [4.69, 9.17) is 0 Å². The van der Waals surface area contributed by atoms with Crippen molar-refractivity contribution in [3.63, 3.8) is 0 Å². The summed E-state index contributed by atoms with van der Waals surface area (Å²) in [6, 6.07) is 5.53. The number of benzene rings is 2. The number of aromatic nitrogens is 4.